The summed E-state index contributed by atoms with van der Waals surface area (Å²) in [6.07, 6.45) is 0.436. The van der Waals surface area contributed by atoms with Crippen LogP contribution in [-0.4, -0.2) is 14.9 Å². The molecule has 0 rings (SSSR count). The standard InChI is InChI=1S/C5H4Cl3FO2/c6-5(7,8)2-1-3(9)4(10)11/h1H,2H2,(H,10,11)/b3-1-. The molecule has 0 aliphatic carbocycles. The molecule has 0 radical (unpaired) electrons. The number of alkyl halides is 3. The van der Waals surface area contributed by atoms with Gasteiger partial charge < -0.3 is 5.11 Å². The van der Waals surface area contributed by atoms with Gasteiger partial charge in [0.05, 0.1) is 0 Å². The molecular formula is C5H4Cl3FO2. The summed E-state index contributed by atoms with van der Waals surface area (Å²) in [6.45, 7) is 0. The Morgan fingerprint density at radius 3 is 2.27 bits per heavy atom. The molecule has 0 spiro atoms. The highest BCUT2D eigenvalue weighted by molar-refractivity contribution is 6.67. The van der Waals surface area contributed by atoms with E-state index in [2.05, 4.69) is 0 Å². The van der Waals surface area contributed by atoms with Crippen molar-refractivity contribution in [2.45, 2.75) is 10.2 Å². The maximum Gasteiger partial charge on any atom is 0.364 e. The zero-order valence-corrected chi connectivity index (χ0v) is 7.42. The molecule has 2 nitrogen and oxygen atoms in total. The van der Waals surface area contributed by atoms with Crippen LogP contribution >= 0.6 is 34.8 Å². The van der Waals surface area contributed by atoms with E-state index in [0.717, 1.165) is 0 Å². The molecule has 0 saturated heterocycles. The minimum atomic E-state index is -1.67. The molecular weight excluding hydrogens is 217 g/mol. The van der Waals surface area contributed by atoms with Crippen LogP contribution in [0.5, 0.6) is 0 Å². The van der Waals surface area contributed by atoms with Gasteiger partial charge in [-0.15, -0.1) is 0 Å². The molecule has 64 valence electrons. The lowest BCUT2D eigenvalue weighted by molar-refractivity contribution is -0.134. The van der Waals surface area contributed by atoms with Gasteiger partial charge in [0.15, 0.2) is 3.79 Å². The van der Waals surface area contributed by atoms with Crippen LogP contribution in [0.25, 0.3) is 0 Å². The fourth-order valence-corrected chi connectivity index (χ4v) is 0.524. The van der Waals surface area contributed by atoms with Crippen LogP contribution in [0.15, 0.2) is 11.9 Å². The lowest BCUT2D eigenvalue weighted by atomic mass is 10.4. The van der Waals surface area contributed by atoms with Gasteiger partial charge in [0.2, 0.25) is 5.83 Å². The molecule has 0 bridgehead atoms. The molecule has 11 heavy (non-hydrogen) atoms. The minimum absolute atomic E-state index is 0.268. The maximum absolute atomic E-state index is 12.1. The highest BCUT2D eigenvalue weighted by Gasteiger charge is 2.18. The molecule has 0 atom stereocenters. The van der Waals surface area contributed by atoms with Gasteiger partial charge in [0.25, 0.3) is 0 Å². The zero-order chi connectivity index (χ0) is 9.07. The van der Waals surface area contributed by atoms with Crippen molar-refractivity contribution in [1.29, 1.82) is 0 Å². The number of halogens is 4. The van der Waals surface area contributed by atoms with Crippen LogP contribution < -0.4 is 0 Å². The molecule has 0 aromatic rings. The number of aliphatic carboxylic acids is 1. The number of allylic oxidation sites excluding steroid dienone is 1. The molecule has 0 amide bonds. The van der Waals surface area contributed by atoms with E-state index in [0.29, 0.717) is 6.08 Å². The molecule has 0 heterocycles. The third-order valence-electron chi connectivity index (χ3n) is 0.717. The molecule has 0 unspecified atom stereocenters. The Bertz CT molecular complexity index is 185. The largest absolute Gasteiger partial charge is 0.476 e. The lowest BCUT2D eigenvalue weighted by Gasteiger charge is -2.04. The van der Waals surface area contributed by atoms with E-state index in [4.69, 9.17) is 39.9 Å². The van der Waals surface area contributed by atoms with Gasteiger partial charge in [-0.2, -0.15) is 4.39 Å². The Hall–Kier alpha value is 0.01000. The lowest BCUT2D eigenvalue weighted by Crippen LogP contribution is -2.01. The summed E-state index contributed by atoms with van der Waals surface area (Å²) in [6, 6.07) is 0. The highest BCUT2D eigenvalue weighted by atomic mass is 35.6. The van der Waals surface area contributed by atoms with Gasteiger partial charge in [-0.3, -0.25) is 0 Å². The second kappa shape index (κ2) is 4.14. The number of rotatable bonds is 2. The average Bonchev–Trinajstić information content (AvgIpc) is 1.80. The van der Waals surface area contributed by atoms with Gasteiger partial charge in [-0.1, -0.05) is 34.8 Å². The fraction of sp³-hybridized carbons (Fsp3) is 0.400. The molecule has 0 saturated carbocycles. The first kappa shape index (κ1) is 11.0. The number of carboxylic acid groups (broad SMARTS) is 1. The van der Waals surface area contributed by atoms with Gasteiger partial charge >= 0.3 is 5.97 Å². The van der Waals surface area contributed by atoms with Crippen LogP contribution in [-0.2, 0) is 4.79 Å². The first-order valence-corrected chi connectivity index (χ1v) is 3.62. The van der Waals surface area contributed by atoms with Crippen LogP contribution in [0.2, 0.25) is 0 Å². The van der Waals surface area contributed by atoms with Gasteiger partial charge in [0, 0.05) is 6.42 Å². The Morgan fingerprint density at radius 2 is 2.00 bits per heavy atom. The van der Waals surface area contributed by atoms with Crippen molar-refractivity contribution in [2.75, 3.05) is 0 Å². The SMILES string of the molecule is O=C(O)/C(F)=C/CC(Cl)(Cl)Cl. The van der Waals surface area contributed by atoms with Crippen LogP contribution in [0.1, 0.15) is 6.42 Å². The van der Waals surface area contributed by atoms with E-state index >= 15 is 0 Å². The number of carbonyl (C=O) groups is 1. The predicted molar refractivity (Wildman–Crippen MR) is 41.7 cm³/mol. The molecule has 1 N–H and O–H groups in total. The molecule has 6 heteroatoms. The predicted octanol–water partition coefficient (Wildman–Crippen LogP) is 2.68. The van der Waals surface area contributed by atoms with E-state index < -0.39 is 15.6 Å². The number of carboxylic acids is 1. The fourth-order valence-electron chi connectivity index (χ4n) is 0.293. The minimum Gasteiger partial charge on any atom is -0.476 e. The first-order chi connectivity index (χ1) is 4.83. The van der Waals surface area contributed by atoms with Gasteiger partial charge in [-0.25, -0.2) is 4.79 Å². The van der Waals surface area contributed by atoms with Crippen molar-refractivity contribution < 1.29 is 14.3 Å². The Balaban J connectivity index is 4.04. The van der Waals surface area contributed by atoms with E-state index in [1.54, 1.807) is 0 Å². The summed E-state index contributed by atoms with van der Waals surface area (Å²) in [7, 11) is 0. The normalized spacial score (nSPS) is 13.3. The summed E-state index contributed by atoms with van der Waals surface area (Å²) < 4.78 is 10.5. The highest BCUT2D eigenvalue weighted by Crippen LogP contribution is 2.30. The van der Waals surface area contributed by atoms with E-state index in [9.17, 15) is 9.18 Å². The van der Waals surface area contributed by atoms with E-state index in [-0.39, 0.29) is 6.42 Å². The van der Waals surface area contributed by atoms with Crippen molar-refractivity contribution in [2.24, 2.45) is 0 Å². The van der Waals surface area contributed by atoms with Crippen molar-refractivity contribution in [3.05, 3.63) is 11.9 Å². The van der Waals surface area contributed by atoms with Crippen molar-refractivity contribution >= 4 is 40.8 Å². The van der Waals surface area contributed by atoms with Crippen LogP contribution in [0, 0.1) is 0 Å². The van der Waals surface area contributed by atoms with Gasteiger partial charge in [-0.05, 0) is 6.08 Å². The average molecular weight is 221 g/mol. The monoisotopic (exact) mass is 220 g/mol. The summed E-state index contributed by atoms with van der Waals surface area (Å²) in [5, 5.41) is 8.01. The van der Waals surface area contributed by atoms with Gasteiger partial charge in [0.1, 0.15) is 0 Å². The quantitative estimate of drug-likeness (QED) is 0.575. The van der Waals surface area contributed by atoms with Crippen molar-refractivity contribution in [3.8, 4) is 0 Å². The summed E-state index contributed by atoms with van der Waals surface area (Å²) in [4.78, 5) is 9.84. The van der Waals surface area contributed by atoms with Crippen molar-refractivity contribution in [3.63, 3.8) is 0 Å². The van der Waals surface area contributed by atoms with Crippen LogP contribution in [0.3, 0.4) is 0 Å². The summed E-state index contributed by atoms with van der Waals surface area (Å²) >= 11 is 15.6. The van der Waals surface area contributed by atoms with E-state index in [1.807, 2.05) is 0 Å². The first-order valence-electron chi connectivity index (χ1n) is 2.48. The Labute approximate surface area is 77.5 Å². The number of hydrogen-bond donors (Lipinski definition) is 1. The van der Waals surface area contributed by atoms with Crippen molar-refractivity contribution in [1.82, 2.24) is 0 Å². The molecule has 0 aromatic carbocycles. The molecule has 0 aromatic heterocycles. The second-order valence-electron chi connectivity index (χ2n) is 1.68. The maximum atomic E-state index is 12.1. The Morgan fingerprint density at radius 1 is 1.55 bits per heavy atom. The summed E-state index contributed by atoms with van der Waals surface area (Å²) in [5.74, 6) is -2.99. The Kier molecular flexibility index (Phi) is 4.14. The third kappa shape index (κ3) is 6.41. The zero-order valence-electron chi connectivity index (χ0n) is 5.15. The van der Waals surface area contributed by atoms with E-state index in [1.165, 1.54) is 0 Å². The topological polar surface area (TPSA) is 37.3 Å². The summed E-state index contributed by atoms with van der Waals surface area (Å²) in [5.41, 5.74) is 0. The molecule has 0 aliphatic heterocycles. The van der Waals surface area contributed by atoms with Crippen LogP contribution in [0.4, 0.5) is 4.39 Å². The smallest absolute Gasteiger partial charge is 0.364 e. The number of hydrogen-bond acceptors (Lipinski definition) is 1. The molecule has 0 aliphatic rings. The molecule has 0 fully saturated rings. The third-order valence-corrected chi connectivity index (χ3v) is 1.18. The second-order valence-corrected chi connectivity index (χ2v) is 4.19.